The second-order valence-electron chi connectivity index (χ2n) is 4.07. The number of aromatic nitrogens is 1. The minimum Gasteiger partial charge on any atom is -0.478 e. The summed E-state index contributed by atoms with van der Waals surface area (Å²) >= 11 is 0. The van der Waals surface area contributed by atoms with Crippen LogP contribution in [0.3, 0.4) is 0 Å². The van der Waals surface area contributed by atoms with Crippen LogP contribution < -0.4 is 0 Å². The molecule has 6 nitrogen and oxygen atoms in total. The van der Waals surface area contributed by atoms with Gasteiger partial charge in [-0.3, -0.25) is 9.88 Å². The third kappa shape index (κ3) is 3.03. The topological polar surface area (TPSA) is 86.5 Å². The first-order valence-corrected chi connectivity index (χ1v) is 5.61. The maximum absolute atomic E-state index is 10.7. The van der Waals surface area contributed by atoms with Crippen LogP contribution in [0.5, 0.6) is 0 Å². The number of rotatable bonds is 3. The smallest absolute Gasteiger partial charge is 0.337 e. The number of nitriles is 1. The average molecular weight is 247 g/mol. The largest absolute Gasteiger partial charge is 0.478 e. The van der Waals surface area contributed by atoms with E-state index in [0.29, 0.717) is 19.7 Å². The number of ether oxygens (including phenoxy) is 1. The monoisotopic (exact) mass is 247 g/mol. The van der Waals surface area contributed by atoms with Gasteiger partial charge < -0.3 is 9.84 Å². The van der Waals surface area contributed by atoms with E-state index in [-0.39, 0.29) is 5.56 Å². The zero-order valence-corrected chi connectivity index (χ0v) is 9.74. The molecule has 1 aliphatic heterocycles. The second kappa shape index (κ2) is 5.58. The quantitative estimate of drug-likeness (QED) is 0.837. The molecule has 0 aliphatic carbocycles. The van der Waals surface area contributed by atoms with Crippen molar-refractivity contribution in [3.8, 4) is 6.07 Å². The van der Waals surface area contributed by atoms with E-state index >= 15 is 0 Å². The predicted octanol–water partition coefficient (Wildman–Crippen LogP) is 0.504. The minimum atomic E-state index is -0.982. The van der Waals surface area contributed by atoms with Gasteiger partial charge in [0.25, 0.3) is 0 Å². The van der Waals surface area contributed by atoms with Crippen LogP contribution in [0, 0.1) is 11.3 Å². The van der Waals surface area contributed by atoms with E-state index in [1.54, 1.807) is 6.07 Å². The highest BCUT2D eigenvalue weighted by molar-refractivity contribution is 5.87. The van der Waals surface area contributed by atoms with Crippen molar-refractivity contribution >= 4 is 5.97 Å². The Balaban J connectivity index is 1.97. The summed E-state index contributed by atoms with van der Waals surface area (Å²) < 4.78 is 5.24. The summed E-state index contributed by atoms with van der Waals surface area (Å²) in [7, 11) is 0. The summed E-state index contributed by atoms with van der Waals surface area (Å²) in [4.78, 5) is 16.8. The highest BCUT2D eigenvalue weighted by Gasteiger charge is 2.20. The molecule has 0 saturated carbocycles. The van der Waals surface area contributed by atoms with E-state index in [4.69, 9.17) is 15.1 Å². The maximum atomic E-state index is 10.7. The number of hydrogen-bond acceptors (Lipinski definition) is 5. The van der Waals surface area contributed by atoms with Crippen molar-refractivity contribution in [3.63, 3.8) is 0 Å². The minimum absolute atomic E-state index is 0.177. The lowest BCUT2D eigenvalue weighted by Gasteiger charge is -2.29. The van der Waals surface area contributed by atoms with Gasteiger partial charge in [0.1, 0.15) is 0 Å². The van der Waals surface area contributed by atoms with Crippen LogP contribution in [-0.4, -0.2) is 46.8 Å². The molecule has 0 spiro atoms. The number of aromatic carboxylic acids is 1. The van der Waals surface area contributed by atoms with Crippen molar-refractivity contribution in [2.24, 2.45) is 0 Å². The van der Waals surface area contributed by atoms with Crippen LogP contribution in [0.2, 0.25) is 0 Å². The number of carbonyl (C=O) groups is 1. The van der Waals surface area contributed by atoms with Gasteiger partial charge in [0.15, 0.2) is 6.10 Å². The van der Waals surface area contributed by atoms with Crippen LogP contribution in [0.15, 0.2) is 18.3 Å². The summed E-state index contributed by atoms with van der Waals surface area (Å²) in [5, 5.41) is 17.6. The lowest BCUT2D eigenvalue weighted by molar-refractivity contribution is -0.00312. The first kappa shape index (κ1) is 12.5. The first-order valence-electron chi connectivity index (χ1n) is 5.61. The molecule has 6 heteroatoms. The fraction of sp³-hybridized carbons (Fsp3) is 0.417. The molecule has 1 fully saturated rings. The summed E-state index contributed by atoms with van der Waals surface area (Å²) in [5.74, 6) is -0.982. The van der Waals surface area contributed by atoms with Crippen molar-refractivity contribution in [1.29, 1.82) is 5.26 Å². The number of carboxylic acid groups (broad SMARTS) is 1. The molecule has 94 valence electrons. The van der Waals surface area contributed by atoms with Gasteiger partial charge in [0.2, 0.25) is 0 Å². The average Bonchev–Trinajstić information content (AvgIpc) is 2.39. The van der Waals surface area contributed by atoms with E-state index in [2.05, 4.69) is 16.0 Å². The van der Waals surface area contributed by atoms with Crippen LogP contribution in [0.1, 0.15) is 16.1 Å². The standard InChI is InChI=1S/C12H13N3O3/c13-5-11-8-15(3-4-18-11)7-10-2-1-9(6-14-10)12(16)17/h1-2,6,11H,3-4,7-8H2,(H,16,17). The number of hydrogen-bond donors (Lipinski definition) is 1. The molecule has 0 aromatic carbocycles. The molecule has 0 bridgehead atoms. The number of morpholine rings is 1. The molecule has 1 aromatic heterocycles. The molecule has 1 atom stereocenters. The molecule has 1 aromatic rings. The molecule has 1 unspecified atom stereocenters. The fourth-order valence-corrected chi connectivity index (χ4v) is 1.80. The second-order valence-corrected chi connectivity index (χ2v) is 4.07. The Labute approximate surface area is 104 Å². The lowest BCUT2D eigenvalue weighted by atomic mass is 10.2. The predicted molar refractivity (Wildman–Crippen MR) is 61.8 cm³/mol. The fourth-order valence-electron chi connectivity index (χ4n) is 1.80. The van der Waals surface area contributed by atoms with E-state index in [0.717, 1.165) is 12.2 Å². The van der Waals surface area contributed by atoms with Crippen LogP contribution in [0.4, 0.5) is 0 Å². The van der Waals surface area contributed by atoms with Gasteiger partial charge in [-0.2, -0.15) is 5.26 Å². The zero-order chi connectivity index (χ0) is 13.0. The zero-order valence-electron chi connectivity index (χ0n) is 9.74. The Hall–Kier alpha value is -1.97. The number of carboxylic acids is 1. The molecule has 2 rings (SSSR count). The van der Waals surface area contributed by atoms with Crippen molar-refractivity contribution in [2.75, 3.05) is 19.7 Å². The van der Waals surface area contributed by atoms with E-state index in [1.807, 2.05) is 0 Å². The molecule has 0 radical (unpaired) electrons. The van der Waals surface area contributed by atoms with Crippen molar-refractivity contribution < 1.29 is 14.6 Å². The van der Waals surface area contributed by atoms with Crippen LogP contribution in [-0.2, 0) is 11.3 Å². The summed E-state index contributed by atoms with van der Waals surface area (Å²) in [6, 6.07) is 5.31. The highest BCUT2D eigenvalue weighted by Crippen LogP contribution is 2.09. The number of nitrogens with zero attached hydrogens (tertiary/aromatic N) is 3. The summed E-state index contributed by atoms with van der Waals surface area (Å²) in [5.41, 5.74) is 0.967. The Morgan fingerprint density at radius 2 is 2.50 bits per heavy atom. The lowest BCUT2D eigenvalue weighted by Crippen LogP contribution is -2.41. The van der Waals surface area contributed by atoms with Gasteiger partial charge in [0, 0.05) is 25.8 Å². The third-order valence-corrected chi connectivity index (χ3v) is 2.75. The SMILES string of the molecule is N#CC1CN(Cc2ccc(C(=O)O)cn2)CCO1. The highest BCUT2D eigenvalue weighted by atomic mass is 16.5. The molecule has 1 aliphatic rings. The van der Waals surface area contributed by atoms with Gasteiger partial charge >= 0.3 is 5.97 Å². The molecule has 2 heterocycles. The molecular weight excluding hydrogens is 234 g/mol. The van der Waals surface area contributed by atoms with Gasteiger partial charge in [0.05, 0.1) is 23.9 Å². The summed E-state index contributed by atoms with van der Waals surface area (Å²) in [6.07, 6.45) is 0.955. The Kier molecular flexibility index (Phi) is 3.87. The summed E-state index contributed by atoms with van der Waals surface area (Å²) in [6.45, 7) is 2.44. The van der Waals surface area contributed by atoms with Crippen molar-refractivity contribution in [3.05, 3.63) is 29.6 Å². The molecule has 18 heavy (non-hydrogen) atoms. The molecule has 0 amide bonds. The number of pyridine rings is 1. The molecule has 1 N–H and O–H groups in total. The Bertz CT molecular complexity index is 466. The normalized spacial score (nSPS) is 20.3. The first-order chi connectivity index (χ1) is 8.69. The Morgan fingerprint density at radius 3 is 3.11 bits per heavy atom. The van der Waals surface area contributed by atoms with Gasteiger partial charge in [-0.05, 0) is 12.1 Å². The third-order valence-electron chi connectivity index (χ3n) is 2.75. The molecular formula is C12H13N3O3. The van der Waals surface area contributed by atoms with Gasteiger partial charge in [-0.15, -0.1) is 0 Å². The molecule has 1 saturated heterocycles. The maximum Gasteiger partial charge on any atom is 0.337 e. The van der Waals surface area contributed by atoms with Crippen molar-refractivity contribution in [2.45, 2.75) is 12.6 Å². The Morgan fingerprint density at radius 1 is 1.67 bits per heavy atom. The van der Waals surface area contributed by atoms with Crippen molar-refractivity contribution in [1.82, 2.24) is 9.88 Å². The van der Waals surface area contributed by atoms with E-state index < -0.39 is 12.1 Å². The van der Waals surface area contributed by atoms with E-state index in [1.165, 1.54) is 12.3 Å². The van der Waals surface area contributed by atoms with Gasteiger partial charge in [-0.25, -0.2) is 4.79 Å². The van der Waals surface area contributed by atoms with Gasteiger partial charge in [-0.1, -0.05) is 0 Å². The van der Waals surface area contributed by atoms with Crippen LogP contribution in [0.25, 0.3) is 0 Å². The van der Waals surface area contributed by atoms with E-state index in [9.17, 15) is 4.79 Å². The van der Waals surface area contributed by atoms with Crippen LogP contribution >= 0.6 is 0 Å².